The van der Waals surface area contributed by atoms with E-state index < -0.39 is 0 Å². The fourth-order valence-corrected chi connectivity index (χ4v) is 3.52. The second-order valence-corrected chi connectivity index (χ2v) is 6.87. The predicted octanol–water partition coefficient (Wildman–Crippen LogP) is 1.87. The molecular formula is C17H18N6O2S. The van der Waals surface area contributed by atoms with Crippen LogP contribution in [0.2, 0.25) is 0 Å². The first-order valence-corrected chi connectivity index (χ1v) is 9.33. The van der Waals surface area contributed by atoms with E-state index in [4.69, 9.17) is 4.52 Å². The number of piperazine rings is 1. The smallest absolute Gasteiger partial charge is 0.227 e. The molecule has 0 aliphatic carbocycles. The molecule has 0 atom stereocenters. The summed E-state index contributed by atoms with van der Waals surface area (Å²) in [6, 6.07) is 3.89. The molecule has 9 heteroatoms. The van der Waals surface area contributed by atoms with Gasteiger partial charge in [-0.1, -0.05) is 11.2 Å². The fourth-order valence-electron chi connectivity index (χ4n) is 2.87. The van der Waals surface area contributed by atoms with Gasteiger partial charge < -0.3 is 14.3 Å². The number of carbonyl (C=O) groups excluding carboxylic acids is 1. The van der Waals surface area contributed by atoms with E-state index in [0.29, 0.717) is 37.6 Å². The minimum Gasteiger partial charge on any atom is -0.352 e. The Labute approximate surface area is 154 Å². The summed E-state index contributed by atoms with van der Waals surface area (Å²) in [6.45, 7) is 2.88. The highest BCUT2D eigenvalue weighted by Gasteiger charge is 2.22. The molecule has 1 aliphatic heterocycles. The third kappa shape index (κ3) is 3.72. The number of thiophene rings is 1. The van der Waals surface area contributed by atoms with Crippen molar-refractivity contribution in [2.75, 3.05) is 31.1 Å². The van der Waals surface area contributed by atoms with E-state index in [1.807, 2.05) is 22.4 Å². The Kier molecular flexibility index (Phi) is 4.87. The zero-order valence-corrected chi connectivity index (χ0v) is 14.9. The SMILES string of the molecule is O=C(CCc1nc(-c2cccs2)no1)N1CCN(c2cnccn2)CC1. The zero-order valence-electron chi connectivity index (χ0n) is 14.1. The summed E-state index contributed by atoms with van der Waals surface area (Å²) in [4.78, 5) is 30.2. The van der Waals surface area contributed by atoms with Gasteiger partial charge in [0, 0.05) is 51.4 Å². The van der Waals surface area contributed by atoms with Crippen LogP contribution in [0.4, 0.5) is 5.82 Å². The van der Waals surface area contributed by atoms with Crippen LogP contribution in [0, 0.1) is 0 Å². The molecule has 1 aliphatic rings. The lowest BCUT2D eigenvalue weighted by atomic mass is 10.2. The third-order valence-corrected chi connectivity index (χ3v) is 5.13. The summed E-state index contributed by atoms with van der Waals surface area (Å²) in [6.07, 6.45) is 5.92. The van der Waals surface area contributed by atoms with Gasteiger partial charge in [-0.05, 0) is 11.4 Å². The van der Waals surface area contributed by atoms with Gasteiger partial charge in [0.1, 0.15) is 5.82 Å². The maximum atomic E-state index is 12.4. The van der Waals surface area contributed by atoms with E-state index in [1.54, 1.807) is 29.9 Å². The quantitative estimate of drug-likeness (QED) is 0.677. The molecule has 4 heterocycles. The van der Waals surface area contributed by atoms with Crippen LogP contribution >= 0.6 is 11.3 Å². The van der Waals surface area contributed by atoms with Gasteiger partial charge in [0.15, 0.2) is 0 Å². The molecule has 134 valence electrons. The lowest BCUT2D eigenvalue weighted by Crippen LogP contribution is -2.49. The summed E-state index contributed by atoms with van der Waals surface area (Å²) >= 11 is 1.56. The van der Waals surface area contributed by atoms with Crippen LogP contribution in [-0.2, 0) is 11.2 Å². The highest BCUT2D eigenvalue weighted by molar-refractivity contribution is 7.13. The van der Waals surface area contributed by atoms with Crippen LogP contribution in [0.25, 0.3) is 10.7 Å². The molecule has 0 aromatic carbocycles. The molecule has 0 unspecified atom stereocenters. The number of rotatable bonds is 5. The highest BCUT2D eigenvalue weighted by Crippen LogP contribution is 2.21. The van der Waals surface area contributed by atoms with Crippen molar-refractivity contribution in [3.8, 4) is 10.7 Å². The summed E-state index contributed by atoms with van der Waals surface area (Å²) in [5, 5.41) is 5.94. The van der Waals surface area contributed by atoms with Crippen LogP contribution in [0.3, 0.4) is 0 Å². The number of carbonyl (C=O) groups is 1. The van der Waals surface area contributed by atoms with Crippen LogP contribution < -0.4 is 4.90 Å². The van der Waals surface area contributed by atoms with E-state index in [2.05, 4.69) is 25.0 Å². The molecule has 3 aromatic heterocycles. The first kappa shape index (κ1) is 16.6. The van der Waals surface area contributed by atoms with Gasteiger partial charge >= 0.3 is 0 Å². The largest absolute Gasteiger partial charge is 0.352 e. The third-order valence-electron chi connectivity index (χ3n) is 4.27. The topological polar surface area (TPSA) is 88.3 Å². The van der Waals surface area contributed by atoms with Crippen molar-refractivity contribution < 1.29 is 9.32 Å². The Morgan fingerprint density at radius 3 is 2.85 bits per heavy atom. The van der Waals surface area contributed by atoms with Gasteiger partial charge in [-0.2, -0.15) is 4.98 Å². The molecule has 26 heavy (non-hydrogen) atoms. The molecule has 0 spiro atoms. The van der Waals surface area contributed by atoms with E-state index in [-0.39, 0.29) is 5.91 Å². The summed E-state index contributed by atoms with van der Waals surface area (Å²) < 4.78 is 5.25. The Morgan fingerprint density at radius 2 is 2.12 bits per heavy atom. The van der Waals surface area contributed by atoms with Crippen LogP contribution in [0.1, 0.15) is 12.3 Å². The normalized spacial score (nSPS) is 14.6. The maximum absolute atomic E-state index is 12.4. The molecule has 1 amide bonds. The van der Waals surface area contributed by atoms with Crippen molar-refractivity contribution in [3.05, 3.63) is 42.0 Å². The molecule has 0 N–H and O–H groups in total. The second-order valence-electron chi connectivity index (χ2n) is 5.92. The van der Waals surface area contributed by atoms with Gasteiger partial charge in [0.2, 0.25) is 17.6 Å². The van der Waals surface area contributed by atoms with Gasteiger partial charge in [-0.15, -0.1) is 11.3 Å². The Bertz CT molecular complexity index is 843. The molecule has 4 rings (SSSR count). The van der Waals surface area contributed by atoms with Crippen molar-refractivity contribution in [2.45, 2.75) is 12.8 Å². The van der Waals surface area contributed by atoms with Crippen molar-refractivity contribution in [2.24, 2.45) is 0 Å². The zero-order chi connectivity index (χ0) is 17.8. The number of amides is 1. The lowest BCUT2D eigenvalue weighted by molar-refractivity contribution is -0.131. The Morgan fingerprint density at radius 1 is 1.23 bits per heavy atom. The number of hydrogen-bond donors (Lipinski definition) is 0. The Hall–Kier alpha value is -2.81. The first-order valence-electron chi connectivity index (χ1n) is 8.45. The first-order chi connectivity index (χ1) is 12.8. The van der Waals surface area contributed by atoms with Crippen molar-refractivity contribution >= 4 is 23.1 Å². The van der Waals surface area contributed by atoms with Gasteiger partial charge in [-0.3, -0.25) is 9.78 Å². The molecule has 3 aromatic rings. The number of aromatic nitrogens is 4. The fraction of sp³-hybridized carbons (Fsp3) is 0.353. The van der Waals surface area contributed by atoms with Crippen LogP contribution in [-0.4, -0.2) is 57.1 Å². The van der Waals surface area contributed by atoms with E-state index in [1.165, 1.54) is 0 Å². The standard InChI is InChI=1S/C17H18N6O2S/c24-16(4-3-15-20-17(21-25-15)13-2-1-11-26-13)23-9-7-22(8-10-23)14-12-18-5-6-19-14/h1-2,5-6,11-12H,3-4,7-10H2. The lowest BCUT2D eigenvalue weighted by Gasteiger charge is -2.35. The van der Waals surface area contributed by atoms with E-state index in [0.717, 1.165) is 23.8 Å². The number of hydrogen-bond acceptors (Lipinski definition) is 8. The van der Waals surface area contributed by atoms with E-state index in [9.17, 15) is 4.79 Å². The summed E-state index contributed by atoms with van der Waals surface area (Å²) in [7, 11) is 0. The maximum Gasteiger partial charge on any atom is 0.227 e. The number of aryl methyl sites for hydroxylation is 1. The summed E-state index contributed by atoms with van der Waals surface area (Å²) in [5.41, 5.74) is 0. The van der Waals surface area contributed by atoms with Crippen LogP contribution in [0.15, 0.2) is 40.6 Å². The van der Waals surface area contributed by atoms with Crippen molar-refractivity contribution in [3.63, 3.8) is 0 Å². The molecule has 0 radical (unpaired) electrons. The predicted molar refractivity (Wildman–Crippen MR) is 96.8 cm³/mol. The monoisotopic (exact) mass is 370 g/mol. The minimum atomic E-state index is 0.111. The van der Waals surface area contributed by atoms with E-state index >= 15 is 0 Å². The second kappa shape index (κ2) is 7.61. The average Bonchev–Trinajstić information content (AvgIpc) is 3.38. The average molecular weight is 370 g/mol. The van der Waals surface area contributed by atoms with Crippen molar-refractivity contribution in [1.82, 2.24) is 25.0 Å². The molecular weight excluding hydrogens is 352 g/mol. The Balaban J connectivity index is 1.27. The van der Waals surface area contributed by atoms with Gasteiger partial charge in [0.25, 0.3) is 0 Å². The van der Waals surface area contributed by atoms with Crippen molar-refractivity contribution in [1.29, 1.82) is 0 Å². The molecule has 8 nitrogen and oxygen atoms in total. The molecule has 0 bridgehead atoms. The molecule has 1 fully saturated rings. The molecule has 0 saturated carbocycles. The summed E-state index contributed by atoms with van der Waals surface area (Å²) in [5.74, 6) is 2.05. The number of nitrogens with zero attached hydrogens (tertiary/aromatic N) is 6. The van der Waals surface area contributed by atoms with Crippen LogP contribution in [0.5, 0.6) is 0 Å². The molecule has 1 saturated heterocycles. The highest BCUT2D eigenvalue weighted by atomic mass is 32.1. The van der Waals surface area contributed by atoms with Gasteiger partial charge in [0.05, 0.1) is 11.1 Å². The van der Waals surface area contributed by atoms with Gasteiger partial charge in [-0.25, -0.2) is 4.98 Å². The number of anilines is 1. The minimum absolute atomic E-state index is 0.111.